The Kier molecular flexibility index (Phi) is 8.78. The first-order valence-corrected chi connectivity index (χ1v) is 23.6. The van der Waals surface area contributed by atoms with Crippen LogP contribution in [0.25, 0.3) is 89.5 Å². The molecule has 0 spiro atoms. The number of nitrogens with zero attached hydrogens (tertiary/aromatic N) is 5. The Morgan fingerprint density at radius 1 is 0.485 bits per heavy atom. The average Bonchev–Trinajstić information content (AvgIpc) is 3.92. The van der Waals surface area contributed by atoms with Gasteiger partial charge in [-0.3, -0.25) is 0 Å². The molecule has 1 aliphatic heterocycles. The van der Waals surface area contributed by atoms with Crippen molar-refractivity contribution in [2.45, 2.75) is 18.8 Å². The van der Waals surface area contributed by atoms with Crippen molar-refractivity contribution in [3.05, 3.63) is 252 Å². The summed E-state index contributed by atoms with van der Waals surface area (Å²) in [5.74, 6) is 2.56. The van der Waals surface area contributed by atoms with Crippen molar-refractivity contribution in [3.8, 4) is 51.0 Å². The van der Waals surface area contributed by atoms with Gasteiger partial charge in [0.1, 0.15) is 0 Å². The van der Waals surface area contributed by atoms with Crippen LogP contribution in [0.5, 0.6) is 0 Å². The molecule has 4 aliphatic rings. The number of aromatic nitrogens is 4. The van der Waals surface area contributed by atoms with Crippen LogP contribution in [0.2, 0.25) is 0 Å². The van der Waals surface area contributed by atoms with Gasteiger partial charge < -0.3 is 9.47 Å². The molecule has 14 rings (SSSR count). The molecule has 0 radical (unpaired) electrons. The molecule has 2 unspecified atom stereocenters. The number of allylic oxidation sites excluding steroid dienone is 8. The van der Waals surface area contributed by atoms with E-state index in [1.54, 1.807) is 0 Å². The van der Waals surface area contributed by atoms with Gasteiger partial charge >= 0.3 is 0 Å². The second-order valence-electron chi connectivity index (χ2n) is 18.3. The minimum Gasteiger partial charge on any atom is -0.314 e. The molecule has 3 heterocycles. The van der Waals surface area contributed by atoms with E-state index in [1.165, 1.54) is 66.7 Å². The Balaban J connectivity index is 0.909. The Morgan fingerprint density at radius 3 is 1.97 bits per heavy atom. The molecule has 5 nitrogen and oxygen atoms in total. The van der Waals surface area contributed by atoms with Crippen molar-refractivity contribution in [1.82, 2.24) is 19.5 Å². The second kappa shape index (κ2) is 15.5. The standard InChI is InChI=1S/C63H43N5/c1-3-14-40(15-4-1)42-26-28-45(29-27-42)62-64-61(44-18-5-2-6-19-44)65-63(66-62)48-31-34-50-47(36-48)21-13-25-55(50)68-56-24-12-11-23-52(56)53-38-54-59(39-58(53)68)67(49-33-30-41-16-7-8-20-46(41)37-49)57-35-32-43-17-9-10-22-51(43)60(54)57/h1-29,31-37,39,41,54H,30,38H2. The molecule has 5 heteroatoms. The largest absolute Gasteiger partial charge is 0.314 e. The number of para-hydroxylation sites is 1. The highest BCUT2D eigenvalue weighted by Gasteiger charge is 2.41. The van der Waals surface area contributed by atoms with Crippen LogP contribution >= 0.6 is 0 Å². The average molecular weight is 870 g/mol. The quantitative estimate of drug-likeness (QED) is 0.167. The molecule has 10 aromatic rings. The SMILES string of the molecule is C1=CC2=CC(N3C4=Cc5c(c6ccccc6n5-c5cccc6cc(-c7nc(-c8ccccc8)nc(-c8ccc(-c9ccccc9)cc8)n7)ccc56)CC4c4c3ccc3ccccc43)=CCC2C=C1. The first-order valence-electron chi connectivity index (χ1n) is 23.6. The van der Waals surface area contributed by atoms with Gasteiger partial charge in [-0.25, -0.2) is 15.0 Å². The van der Waals surface area contributed by atoms with E-state index in [2.05, 4.69) is 210 Å². The molecule has 0 saturated carbocycles. The third-order valence-electron chi connectivity index (χ3n) is 14.5. The maximum Gasteiger partial charge on any atom is 0.164 e. The van der Waals surface area contributed by atoms with Gasteiger partial charge in [-0.2, -0.15) is 0 Å². The summed E-state index contributed by atoms with van der Waals surface area (Å²) in [6.45, 7) is 0. The Bertz CT molecular complexity index is 3850. The van der Waals surface area contributed by atoms with E-state index in [9.17, 15) is 0 Å². The first-order chi connectivity index (χ1) is 33.7. The van der Waals surface area contributed by atoms with Crippen LogP contribution in [0.15, 0.2) is 235 Å². The van der Waals surface area contributed by atoms with E-state index in [4.69, 9.17) is 15.0 Å². The summed E-state index contributed by atoms with van der Waals surface area (Å²) >= 11 is 0. The Hall–Kier alpha value is -8.67. The molecule has 320 valence electrons. The van der Waals surface area contributed by atoms with Crippen LogP contribution in [0, 0.1) is 5.92 Å². The lowest BCUT2D eigenvalue weighted by molar-refractivity contribution is 0.758. The van der Waals surface area contributed by atoms with E-state index < -0.39 is 0 Å². The normalized spacial score (nSPS) is 16.8. The molecule has 3 aliphatic carbocycles. The molecule has 0 saturated heterocycles. The lowest BCUT2D eigenvalue weighted by Crippen LogP contribution is -2.23. The van der Waals surface area contributed by atoms with Crippen LogP contribution < -0.4 is 4.90 Å². The monoisotopic (exact) mass is 869 g/mol. The third kappa shape index (κ3) is 6.20. The minimum atomic E-state index is 0.213. The molecule has 8 aromatic carbocycles. The molecule has 2 atom stereocenters. The summed E-state index contributed by atoms with van der Waals surface area (Å²) in [5, 5.41) is 6.21. The van der Waals surface area contributed by atoms with Crippen LogP contribution in [-0.2, 0) is 6.42 Å². The number of anilines is 1. The fraction of sp³-hybridized carbons (Fsp3) is 0.0635. The fourth-order valence-electron chi connectivity index (χ4n) is 11.2. The van der Waals surface area contributed by atoms with Crippen LogP contribution in [0.4, 0.5) is 5.69 Å². The minimum absolute atomic E-state index is 0.213. The summed E-state index contributed by atoms with van der Waals surface area (Å²) in [5.41, 5.74) is 16.8. The highest BCUT2D eigenvalue weighted by Crippen LogP contribution is 2.55. The number of fused-ring (bicyclic) bond motifs is 10. The summed E-state index contributed by atoms with van der Waals surface area (Å²) < 4.78 is 2.52. The van der Waals surface area contributed by atoms with E-state index in [0.717, 1.165) is 51.6 Å². The zero-order valence-corrected chi connectivity index (χ0v) is 37.2. The number of hydrogen-bond donors (Lipinski definition) is 0. The topological polar surface area (TPSA) is 46.8 Å². The van der Waals surface area contributed by atoms with Gasteiger partial charge in [0.15, 0.2) is 17.5 Å². The highest BCUT2D eigenvalue weighted by atomic mass is 15.2. The van der Waals surface area contributed by atoms with Gasteiger partial charge in [-0.1, -0.05) is 188 Å². The van der Waals surface area contributed by atoms with Crippen molar-refractivity contribution in [3.63, 3.8) is 0 Å². The predicted molar refractivity (Wildman–Crippen MR) is 279 cm³/mol. The van der Waals surface area contributed by atoms with Crippen molar-refractivity contribution in [1.29, 1.82) is 0 Å². The summed E-state index contributed by atoms with van der Waals surface area (Å²) in [6.07, 6.45) is 18.3. The second-order valence-corrected chi connectivity index (χ2v) is 18.3. The van der Waals surface area contributed by atoms with Crippen molar-refractivity contribution >= 4 is 44.2 Å². The number of rotatable bonds is 6. The van der Waals surface area contributed by atoms with Crippen LogP contribution in [-0.4, -0.2) is 19.5 Å². The fourth-order valence-corrected chi connectivity index (χ4v) is 11.2. The maximum absolute atomic E-state index is 5.16. The van der Waals surface area contributed by atoms with Gasteiger partial charge in [-0.15, -0.1) is 0 Å². The molecule has 0 bridgehead atoms. The van der Waals surface area contributed by atoms with Gasteiger partial charge in [-0.05, 0) is 93.2 Å². The Labute approximate surface area is 394 Å². The summed E-state index contributed by atoms with van der Waals surface area (Å²) in [6, 6.07) is 65.1. The number of hydrogen-bond acceptors (Lipinski definition) is 4. The molecular weight excluding hydrogens is 827 g/mol. The zero-order chi connectivity index (χ0) is 44.7. The van der Waals surface area contributed by atoms with Crippen LogP contribution in [0.3, 0.4) is 0 Å². The lowest BCUT2D eigenvalue weighted by atomic mass is 9.84. The van der Waals surface area contributed by atoms with Crippen LogP contribution in [0.1, 0.15) is 29.2 Å². The molecular formula is C63H43N5. The first kappa shape index (κ1) is 38.6. The lowest BCUT2D eigenvalue weighted by Gasteiger charge is -2.31. The molecule has 0 fully saturated rings. The van der Waals surface area contributed by atoms with E-state index in [1.807, 2.05) is 24.3 Å². The molecule has 68 heavy (non-hydrogen) atoms. The smallest absolute Gasteiger partial charge is 0.164 e. The van der Waals surface area contributed by atoms with Crippen molar-refractivity contribution in [2.24, 2.45) is 5.92 Å². The van der Waals surface area contributed by atoms with Gasteiger partial charge in [0, 0.05) is 50.7 Å². The van der Waals surface area contributed by atoms with Gasteiger partial charge in [0.2, 0.25) is 0 Å². The van der Waals surface area contributed by atoms with Gasteiger partial charge in [0.05, 0.1) is 22.6 Å². The third-order valence-corrected chi connectivity index (χ3v) is 14.5. The van der Waals surface area contributed by atoms with E-state index in [0.29, 0.717) is 23.4 Å². The summed E-state index contributed by atoms with van der Waals surface area (Å²) in [4.78, 5) is 17.9. The Morgan fingerprint density at radius 2 is 1.15 bits per heavy atom. The number of benzene rings is 8. The predicted octanol–water partition coefficient (Wildman–Crippen LogP) is 15.2. The molecule has 0 N–H and O–H groups in total. The van der Waals surface area contributed by atoms with Gasteiger partial charge in [0.25, 0.3) is 0 Å². The van der Waals surface area contributed by atoms with Crippen molar-refractivity contribution < 1.29 is 0 Å². The van der Waals surface area contributed by atoms with E-state index in [-0.39, 0.29) is 5.92 Å². The van der Waals surface area contributed by atoms with Crippen molar-refractivity contribution in [2.75, 3.05) is 4.90 Å². The maximum atomic E-state index is 5.16. The highest BCUT2D eigenvalue weighted by molar-refractivity contribution is 6.01. The van der Waals surface area contributed by atoms with E-state index >= 15 is 0 Å². The summed E-state index contributed by atoms with van der Waals surface area (Å²) in [7, 11) is 0. The molecule has 2 aromatic heterocycles. The molecule has 0 amide bonds. The zero-order valence-electron chi connectivity index (χ0n) is 37.2.